The SMILES string of the molecule is CCCC/C=C\C=C/CCCCCC(=O)OCC(COC(=O)CCCCCCC/C=C\CCCCCCCCCCC)OC(=O)CCCCCCCCCCCCCCCCCCC. The maximum atomic E-state index is 12.8. The summed E-state index contributed by atoms with van der Waals surface area (Å²) in [6, 6.07) is 0. The fraction of sp³-hybridized carbons (Fsp3) is 0.845. The Morgan fingerprint density at radius 2 is 0.578 bits per heavy atom. The summed E-state index contributed by atoms with van der Waals surface area (Å²) in [5.74, 6) is -0.903. The number of rotatable bonds is 51. The van der Waals surface area contributed by atoms with Crippen molar-refractivity contribution < 1.29 is 28.6 Å². The number of hydrogen-bond donors (Lipinski definition) is 0. The molecular weight excluding hydrogens is 793 g/mol. The van der Waals surface area contributed by atoms with Gasteiger partial charge in [0, 0.05) is 19.3 Å². The van der Waals surface area contributed by atoms with Gasteiger partial charge >= 0.3 is 17.9 Å². The average molecular weight is 899 g/mol. The lowest BCUT2D eigenvalue weighted by molar-refractivity contribution is -0.167. The number of ether oxygens (including phenoxy) is 3. The van der Waals surface area contributed by atoms with Gasteiger partial charge in [-0.3, -0.25) is 14.4 Å². The van der Waals surface area contributed by atoms with Crippen LogP contribution >= 0.6 is 0 Å². The van der Waals surface area contributed by atoms with Crippen LogP contribution in [0.4, 0.5) is 0 Å². The Hall–Kier alpha value is -2.37. The molecular formula is C58H106O6. The third-order valence-electron chi connectivity index (χ3n) is 12.4. The molecule has 0 bridgehead atoms. The monoisotopic (exact) mass is 899 g/mol. The second-order valence-corrected chi connectivity index (χ2v) is 18.9. The van der Waals surface area contributed by atoms with E-state index in [1.807, 2.05) is 0 Å². The van der Waals surface area contributed by atoms with E-state index >= 15 is 0 Å². The lowest BCUT2D eigenvalue weighted by atomic mass is 10.0. The highest BCUT2D eigenvalue weighted by molar-refractivity contribution is 5.71. The van der Waals surface area contributed by atoms with Crippen molar-refractivity contribution in [3.05, 3.63) is 36.5 Å². The van der Waals surface area contributed by atoms with Crippen LogP contribution in [0.1, 0.15) is 297 Å². The molecule has 1 atom stereocenters. The molecule has 0 aliphatic carbocycles. The van der Waals surface area contributed by atoms with Crippen LogP contribution in [-0.4, -0.2) is 37.2 Å². The van der Waals surface area contributed by atoms with E-state index in [-0.39, 0.29) is 31.1 Å². The van der Waals surface area contributed by atoms with E-state index in [4.69, 9.17) is 14.2 Å². The zero-order chi connectivity index (χ0) is 46.5. The first-order chi connectivity index (χ1) is 31.5. The molecule has 6 heteroatoms. The van der Waals surface area contributed by atoms with Crippen molar-refractivity contribution in [1.29, 1.82) is 0 Å². The standard InChI is InChI=1S/C58H106O6/c1-4-7-10-13-16-19-22-24-26-28-30-31-33-36-39-42-45-48-51-57(60)63-54-55(53-62-56(59)50-47-44-41-38-35-21-18-15-12-9-6-3)64-58(61)52-49-46-43-40-37-34-32-29-27-25-23-20-17-14-11-8-5-2/h15,18,21,30-31,35,55H,4-14,16-17,19-20,22-29,32-34,36-54H2,1-3H3/b18-15-,31-30-,35-21-. The van der Waals surface area contributed by atoms with Gasteiger partial charge in [0.1, 0.15) is 13.2 Å². The molecule has 0 spiro atoms. The summed E-state index contributed by atoms with van der Waals surface area (Å²) >= 11 is 0. The maximum absolute atomic E-state index is 12.8. The summed E-state index contributed by atoms with van der Waals surface area (Å²) in [6.45, 7) is 6.59. The van der Waals surface area contributed by atoms with Crippen molar-refractivity contribution in [2.24, 2.45) is 0 Å². The molecule has 0 N–H and O–H groups in total. The third-order valence-corrected chi connectivity index (χ3v) is 12.4. The van der Waals surface area contributed by atoms with Gasteiger partial charge in [0.05, 0.1) is 0 Å². The quantitative estimate of drug-likeness (QED) is 0.0199. The van der Waals surface area contributed by atoms with Gasteiger partial charge in [-0.2, -0.15) is 0 Å². The van der Waals surface area contributed by atoms with Gasteiger partial charge in [-0.1, -0.05) is 250 Å². The van der Waals surface area contributed by atoms with Crippen molar-refractivity contribution >= 4 is 17.9 Å². The van der Waals surface area contributed by atoms with Gasteiger partial charge in [-0.15, -0.1) is 0 Å². The molecule has 64 heavy (non-hydrogen) atoms. The van der Waals surface area contributed by atoms with Gasteiger partial charge in [-0.25, -0.2) is 0 Å². The average Bonchev–Trinajstić information content (AvgIpc) is 3.29. The highest BCUT2D eigenvalue weighted by Gasteiger charge is 2.19. The van der Waals surface area contributed by atoms with E-state index in [9.17, 15) is 14.4 Å². The minimum Gasteiger partial charge on any atom is -0.462 e. The molecule has 0 saturated heterocycles. The zero-order valence-corrected chi connectivity index (χ0v) is 42.8. The molecule has 0 fully saturated rings. The van der Waals surface area contributed by atoms with Crippen LogP contribution in [0.2, 0.25) is 0 Å². The van der Waals surface area contributed by atoms with E-state index in [1.54, 1.807) is 0 Å². The van der Waals surface area contributed by atoms with E-state index in [2.05, 4.69) is 57.2 Å². The highest BCUT2D eigenvalue weighted by atomic mass is 16.6. The van der Waals surface area contributed by atoms with Crippen molar-refractivity contribution in [3.63, 3.8) is 0 Å². The smallest absolute Gasteiger partial charge is 0.306 e. The summed E-state index contributed by atoms with van der Waals surface area (Å²) in [5.41, 5.74) is 0. The number of hydrogen-bond acceptors (Lipinski definition) is 6. The van der Waals surface area contributed by atoms with Gasteiger partial charge < -0.3 is 14.2 Å². The molecule has 0 aromatic heterocycles. The number of carbonyl (C=O) groups is 3. The summed E-state index contributed by atoms with van der Waals surface area (Å²) in [6.07, 6.45) is 62.8. The van der Waals surface area contributed by atoms with Crippen molar-refractivity contribution in [1.82, 2.24) is 0 Å². The molecule has 6 nitrogen and oxygen atoms in total. The fourth-order valence-corrected chi connectivity index (χ4v) is 8.12. The molecule has 0 radical (unpaired) electrons. The number of carbonyl (C=O) groups excluding carboxylic acids is 3. The largest absolute Gasteiger partial charge is 0.462 e. The van der Waals surface area contributed by atoms with Gasteiger partial charge in [0.2, 0.25) is 0 Å². The Morgan fingerprint density at radius 1 is 0.312 bits per heavy atom. The maximum Gasteiger partial charge on any atom is 0.306 e. The first-order valence-corrected chi connectivity index (χ1v) is 28.0. The molecule has 0 rings (SSSR count). The Bertz CT molecular complexity index is 1080. The van der Waals surface area contributed by atoms with Crippen molar-refractivity contribution in [3.8, 4) is 0 Å². The third kappa shape index (κ3) is 50.6. The second kappa shape index (κ2) is 53.2. The summed E-state index contributed by atoms with van der Waals surface area (Å²) in [4.78, 5) is 38.0. The Morgan fingerprint density at radius 3 is 0.938 bits per heavy atom. The normalized spacial score (nSPS) is 12.2. The number of allylic oxidation sites excluding steroid dienone is 6. The topological polar surface area (TPSA) is 78.9 Å². The van der Waals surface area contributed by atoms with E-state index in [0.717, 1.165) is 77.0 Å². The van der Waals surface area contributed by atoms with Crippen molar-refractivity contribution in [2.75, 3.05) is 13.2 Å². The zero-order valence-electron chi connectivity index (χ0n) is 42.8. The number of unbranched alkanes of at least 4 members (excludes halogenated alkanes) is 35. The molecule has 0 saturated carbocycles. The molecule has 0 aliphatic rings. The Kier molecular flexibility index (Phi) is 51.3. The van der Waals surface area contributed by atoms with Crippen LogP contribution in [0.25, 0.3) is 0 Å². The van der Waals surface area contributed by atoms with Crippen LogP contribution < -0.4 is 0 Å². The lowest BCUT2D eigenvalue weighted by Crippen LogP contribution is -2.30. The van der Waals surface area contributed by atoms with E-state index in [0.29, 0.717) is 19.3 Å². The second-order valence-electron chi connectivity index (χ2n) is 18.9. The Balaban J connectivity index is 4.33. The van der Waals surface area contributed by atoms with Crippen LogP contribution in [0.3, 0.4) is 0 Å². The van der Waals surface area contributed by atoms with E-state index in [1.165, 1.54) is 180 Å². The minimum absolute atomic E-state index is 0.0818. The van der Waals surface area contributed by atoms with Gasteiger partial charge in [-0.05, 0) is 64.2 Å². The summed E-state index contributed by atoms with van der Waals surface area (Å²) in [5, 5.41) is 0. The van der Waals surface area contributed by atoms with Gasteiger partial charge in [0.15, 0.2) is 6.10 Å². The van der Waals surface area contributed by atoms with Crippen molar-refractivity contribution in [2.45, 2.75) is 303 Å². The lowest BCUT2D eigenvalue weighted by Gasteiger charge is -2.18. The fourth-order valence-electron chi connectivity index (χ4n) is 8.12. The minimum atomic E-state index is -0.782. The van der Waals surface area contributed by atoms with E-state index < -0.39 is 6.10 Å². The summed E-state index contributed by atoms with van der Waals surface area (Å²) in [7, 11) is 0. The molecule has 0 aromatic rings. The Labute approximate surface area is 397 Å². The predicted octanol–water partition coefficient (Wildman–Crippen LogP) is 18.5. The van der Waals surface area contributed by atoms with Crippen LogP contribution in [0, 0.1) is 0 Å². The van der Waals surface area contributed by atoms with Crippen LogP contribution in [0.15, 0.2) is 36.5 Å². The van der Waals surface area contributed by atoms with Crippen LogP contribution in [0.5, 0.6) is 0 Å². The molecule has 0 heterocycles. The first kappa shape index (κ1) is 61.6. The molecule has 0 aliphatic heterocycles. The number of esters is 3. The molecule has 0 amide bonds. The molecule has 0 aromatic carbocycles. The first-order valence-electron chi connectivity index (χ1n) is 28.0. The highest BCUT2D eigenvalue weighted by Crippen LogP contribution is 2.16. The molecule has 1 unspecified atom stereocenters. The summed E-state index contributed by atoms with van der Waals surface area (Å²) < 4.78 is 16.8. The van der Waals surface area contributed by atoms with Gasteiger partial charge in [0.25, 0.3) is 0 Å². The molecule has 374 valence electrons. The van der Waals surface area contributed by atoms with Crippen LogP contribution in [-0.2, 0) is 28.6 Å². The predicted molar refractivity (Wildman–Crippen MR) is 275 cm³/mol.